The fourth-order valence-electron chi connectivity index (χ4n) is 5.33. The van der Waals surface area contributed by atoms with Gasteiger partial charge in [-0.05, 0) is 35.4 Å². The van der Waals surface area contributed by atoms with Crippen LogP contribution in [0.5, 0.6) is 5.75 Å². The Morgan fingerprint density at radius 2 is 1.61 bits per heavy atom. The molecule has 4 bridgehead atoms. The Bertz CT molecular complexity index is 905. The highest BCUT2D eigenvalue weighted by Crippen LogP contribution is 2.24. The molecule has 0 amide bonds. The first kappa shape index (κ1) is 17.8. The average molecular weight is 399 g/mol. The summed E-state index contributed by atoms with van der Waals surface area (Å²) in [6, 6.07) is 15.0. The van der Waals surface area contributed by atoms with Crippen molar-refractivity contribution in [2.75, 3.05) is 39.6 Å². The van der Waals surface area contributed by atoms with Gasteiger partial charge >= 0.3 is 0 Å². The van der Waals surface area contributed by atoms with Crippen LogP contribution in [0.3, 0.4) is 0 Å². The number of hydrogen-bond acceptors (Lipinski definition) is 3. The Morgan fingerprint density at radius 1 is 0.964 bits per heavy atom. The minimum absolute atomic E-state index is 0.0404. The zero-order valence-corrected chi connectivity index (χ0v) is 16.4. The number of hydrogen-bond donors (Lipinski definition) is 4. The van der Waals surface area contributed by atoms with E-state index >= 15 is 0 Å². The molecule has 4 heterocycles. The topological polar surface area (TPSA) is 58.3 Å². The predicted octanol–water partition coefficient (Wildman–Crippen LogP) is -1.58. The zero-order chi connectivity index (χ0) is 19.1. The molecule has 4 fully saturated rings. The van der Waals surface area contributed by atoms with Crippen LogP contribution in [-0.2, 0) is 0 Å². The van der Waals surface area contributed by atoms with E-state index < -0.39 is 0 Å². The standard InChI is InChI=1S/C21H22ClN5O/c22-18-6-4-17(5-7-18)20(24-23-9-16-2-1-3-19(28)8-16)21-10-25-13-26(11-21)15-27(12-21)14-25/h1-9,28H,10-15H2/p+3/b23-9-,24-20+. The Hall–Kier alpha value is -2.25. The summed E-state index contributed by atoms with van der Waals surface area (Å²) in [5.41, 5.74) is 3.04. The summed E-state index contributed by atoms with van der Waals surface area (Å²) in [5, 5.41) is 19.6. The number of quaternary nitrogens is 3. The number of rotatable bonds is 4. The fraction of sp³-hybridized carbons (Fsp3) is 0.333. The van der Waals surface area contributed by atoms with E-state index in [0.29, 0.717) is 0 Å². The van der Waals surface area contributed by atoms with Crippen LogP contribution in [0.2, 0.25) is 5.02 Å². The van der Waals surface area contributed by atoms with E-state index in [1.165, 1.54) is 20.0 Å². The molecule has 2 aromatic carbocycles. The largest absolute Gasteiger partial charge is 0.508 e. The second-order valence-electron chi connectivity index (χ2n) is 8.39. The molecule has 6 rings (SSSR count). The summed E-state index contributed by atoms with van der Waals surface area (Å²) in [5.74, 6) is 0.233. The number of phenols is 1. The van der Waals surface area contributed by atoms with Crippen molar-refractivity contribution < 1.29 is 19.8 Å². The first-order valence-corrected chi connectivity index (χ1v) is 10.1. The molecule has 6 nitrogen and oxygen atoms in total. The number of nitrogens with zero attached hydrogens (tertiary/aromatic N) is 2. The second kappa shape index (κ2) is 6.97. The van der Waals surface area contributed by atoms with Crippen molar-refractivity contribution in [3.63, 3.8) is 0 Å². The highest BCUT2D eigenvalue weighted by atomic mass is 35.5. The summed E-state index contributed by atoms with van der Waals surface area (Å²) in [6.07, 6.45) is 1.71. The van der Waals surface area contributed by atoms with Crippen LogP contribution >= 0.6 is 11.6 Å². The molecular weight excluding hydrogens is 374 g/mol. The predicted molar refractivity (Wildman–Crippen MR) is 108 cm³/mol. The molecule has 28 heavy (non-hydrogen) atoms. The number of benzene rings is 2. The van der Waals surface area contributed by atoms with Gasteiger partial charge in [0, 0.05) is 5.02 Å². The number of nitrogens with one attached hydrogen (secondary N) is 3. The molecule has 0 radical (unpaired) electrons. The van der Waals surface area contributed by atoms with Gasteiger partial charge in [0.2, 0.25) is 20.0 Å². The van der Waals surface area contributed by atoms with Gasteiger partial charge < -0.3 is 5.11 Å². The molecule has 0 unspecified atom stereocenters. The zero-order valence-electron chi connectivity index (χ0n) is 15.7. The molecule has 0 atom stereocenters. The summed E-state index contributed by atoms with van der Waals surface area (Å²) in [4.78, 5) is 4.98. The smallest absolute Gasteiger partial charge is 0.213 e. The maximum absolute atomic E-state index is 9.66. The van der Waals surface area contributed by atoms with E-state index in [0.717, 1.165) is 41.5 Å². The lowest BCUT2D eigenvalue weighted by molar-refractivity contribution is -1.30. The van der Waals surface area contributed by atoms with Gasteiger partial charge in [0.1, 0.15) is 25.4 Å². The molecule has 0 spiro atoms. The summed E-state index contributed by atoms with van der Waals surface area (Å²) in [7, 11) is 0. The van der Waals surface area contributed by atoms with E-state index in [1.807, 2.05) is 24.3 Å². The van der Waals surface area contributed by atoms with E-state index in [1.54, 1.807) is 33.0 Å². The first-order valence-electron chi connectivity index (χ1n) is 9.77. The molecule has 0 aliphatic carbocycles. The third kappa shape index (κ3) is 3.33. The first-order chi connectivity index (χ1) is 13.6. The van der Waals surface area contributed by atoms with Gasteiger partial charge in [-0.2, -0.15) is 10.2 Å². The Kier molecular flexibility index (Phi) is 4.44. The van der Waals surface area contributed by atoms with Crippen LogP contribution in [0.4, 0.5) is 0 Å². The van der Waals surface area contributed by atoms with Crippen molar-refractivity contribution in [1.29, 1.82) is 0 Å². The van der Waals surface area contributed by atoms with E-state index in [4.69, 9.17) is 16.7 Å². The molecule has 0 aromatic heterocycles. The summed E-state index contributed by atoms with van der Waals surface area (Å²) >= 11 is 6.13. The molecular formula is C21H25ClN5O+3. The minimum atomic E-state index is 0.0404. The monoisotopic (exact) mass is 398 g/mol. The SMILES string of the molecule is Oc1cccc(/C=N\N=C(/c2ccc(Cl)cc2)C23C[NH+]4C[NH+](C[NH+](C4)C2)C3)c1. The van der Waals surface area contributed by atoms with E-state index in [-0.39, 0.29) is 11.2 Å². The van der Waals surface area contributed by atoms with Crippen molar-refractivity contribution in [3.8, 4) is 5.75 Å². The van der Waals surface area contributed by atoms with Gasteiger partial charge in [-0.25, -0.2) is 14.7 Å². The molecule has 4 saturated heterocycles. The van der Waals surface area contributed by atoms with Crippen LogP contribution in [0, 0.1) is 5.41 Å². The summed E-state index contributed by atoms with van der Waals surface area (Å²) in [6.45, 7) is 6.98. The molecule has 4 aliphatic rings. The maximum Gasteiger partial charge on any atom is 0.213 e. The highest BCUT2D eigenvalue weighted by molar-refractivity contribution is 6.30. The summed E-state index contributed by atoms with van der Waals surface area (Å²) < 4.78 is 0. The van der Waals surface area contributed by atoms with Gasteiger partial charge in [-0.3, -0.25) is 0 Å². The maximum atomic E-state index is 9.66. The minimum Gasteiger partial charge on any atom is -0.508 e. The van der Waals surface area contributed by atoms with Crippen LogP contribution in [0.15, 0.2) is 58.7 Å². The number of halogens is 1. The number of phenolic OH excluding ortho intramolecular Hbond substituents is 1. The normalized spacial score (nSPS) is 31.6. The van der Waals surface area contributed by atoms with Crippen molar-refractivity contribution in [3.05, 3.63) is 64.7 Å². The Morgan fingerprint density at radius 3 is 2.21 bits per heavy atom. The molecule has 0 saturated carbocycles. The van der Waals surface area contributed by atoms with Crippen LogP contribution in [-0.4, -0.2) is 56.7 Å². The van der Waals surface area contributed by atoms with Gasteiger partial charge in [0.25, 0.3) is 0 Å². The molecule has 4 N–H and O–H groups in total. The Labute approximate surface area is 169 Å². The average Bonchev–Trinajstić information content (AvgIpc) is 2.65. The molecule has 2 aromatic rings. The van der Waals surface area contributed by atoms with E-state index in [2.05, 4.69) is 17.2 Å². The number of aromatic hydroxyl groups is 1. The third-order valence-electron chi connectivity index (χ3n) is 6.12. The third-order valence-corrected chi connectivity index (χ3v) is 6.37. The lowest BCUT2D eigenvalue weighted by atomic mass is 9.74. The van der Waals surface area contributed by atoms with Crippen molar-refractivity contribution >= 4 is 23.5 Å². The quantitative estimate of drug-likeness (QED) is 0.365. The van der Waals surface area contributed by atoms with Crippen LogP contribution in [0.25, 0.3) is 0 Å². The molecule has 144 valence electrons. The van der Waals surface area contributed by atoms with Crippen LogP contribution < -0.4 is 14.7 Å². The van der Waals surface area contributed by atoms with Gasteiger partial charge in [0.15, 0.2) is 5.41 Å². The van der Waals surface area contributed by atoms with Crippen LogP contribution in [0.1, 0.15) is 11.1 Å². The molecule has 7 heteroatoms. The van der Waals surface area contributed by atoms with Crippen molar-refractivity contribution in [1.82, 2.24) is 0 Å². The lowest BCUT2D eigenvalue weighted by Crippen LogP contribution is -3.56. The second-order valence-corrected chi connectivity index (χ2v) is 8.82. The highest BCUT2D eigenvalue weighted by Gasteiger charge is 2.60. The van der Waals surface area contributed by atoms with Crippen molar-refractivity contribution in [2.45, 2.75) is 0 Å². The fourth-order valence-corrected chi connectivity index (χ4v) is 5.46. The lowest BCUT2D eigenvalue weighted by Gasteiger charge is -2.52. The molecule has 4 aliphatic heterocycles. The van der Waals surface area contributed by atoms with Crippen molar-refractivity contribution in [2.24, 2.45) is 15.6 Å². The van der Waals surface area contributed by atoms with E-state index in [9.17, 15) is 5.11 Å². The van der Waals surface area contributed by atoms with Gasteiger partial charge in [0.05, 0.1) is 11.9 Å². The van der Waals surface area contributed by atoms with Gasteiger partial charge in [-0.15, -0.1) is 0 Å². The van der Waals surface area contributed by atoms with Gasteiger partial charge in [-0.1, -0.05) is 35.9 Å². The Balaban J connectivity index is 1.53.